The molecule has 108 valence electrons. The molecule has 7 heteroatoms. The molecule has 1 unspecified atom stereocenters. The molecule has 2 heterocycles. The Morgan fingerprint density at radius 1 is 1.40 bits per heavy atom. The van der Waals surface area contributed by atoms with Gasteiger partial charge in [-0.05, 0) is 18.0 Å². The molecule has 1 aliphatic heterocycles. The highest BCUT2D eigenvalue weighted by Gasteiger charge is 2.17. The summed E-state index contributed by atoms with van der Waals surface area (Å²) < 4.78 is 5.31. The Labute approximate surface area is 123 Å². The maximum atomic E-state index is 5.97. The summed E-state index contributed by atoms with van der Waals surface area (Å²) in [5.41, 5.74) is 0. The average molecular weight is 296 g/mol. The van der Waals surface area contributed by atoms with Crippen molar-refractivity contribution in [1.82, 2.24) is 15.0 Å². The zero-order valence-electron chi connectivity index (χ0n) is 11.5. The van der Waals surface area contributed by atoms with E-state index < -0.39 is 0 Å². The molecule has 0 aliphatic carbocycles. The standard InChI is InChI=1S/C13H18ClN5O/c1-3-5-10(4-2)15-12-16-11(14)17-13(18-12)19-6-8-20-9-7-19/h1,10H,4-9H2,2H3,(H,15,16,17,18). The lowest BCUT2D eigenvalue weighted by atomic mass is 10.2. The van der Waals surface area contributed by atoms with Gasteiger partial charge in [-0.1, -0.05) is 6.92 Å². The first-order chi connectivity index (χ1) is 9.72. The smallest absolute Gasteiger partial charge is 0.231 e. The third kappa shape index (κ3) is 3.95. The van der Waals surface area contributed by atoms with Crippen molar-refractivity contribution in [3.63, 3.8) is 0 Å². The van der Waals surface area contributed by atoms with Crippen LogP contribution in [0.2, 0.25) is 5.28 Å². The topological polar surface area (TPSA) is 63.2 Å². The summed E-state index contributed by atoms with van der Waals surface area (Å²) in [6, 6.07) is 0.135. The van der Waals surface area contributed by atoms with Crippen LogP contribution in [0.25, 0.3) is 0 Å². The number of rotatable bonds is 5. The van der Waals surface area contributed by atoms with Crippen molar-refractivity contribution >= 4 is 23.5 Å². The van der Waals surface area contributed by atoms with Gasteiger partial charge in [0.25, 0.3) is 0 Å². The number of ether oxygens (including phenoxy) is 1. The van der Waals surface area contributed by atoms with E-state index >= 15 is 0 Å². The van der Waals surface area contributed by atoms with Crippen LogP contribution >= 0.6 is 11.6 Å². The Kier molecular flexibility index (Phi) is 5.39. The van der Waals surface area contributed by atoms with Crippen molar-refractivity contribution in [2.45, 2.75) is 25.8 Å². The Morgan fingerprint density at radius 2 is 2.15 bits per heavy atom. The van der Waals surface area contributed by atoms with E-state index in [1.165, 1.54) is 0 Å². The largest absolute Gasteiger partial charge is 0.378 e. The monoisotopic (exact) mass is 295 g/mol. The lowest BCUT2D eigenvalue weighted by molar-refractivity contribution is 0.122. The molecule has 0 bridgehead atoms. The molecule has 0 spiro atoms. The molecule has 1 aliphatic rings. The first-order valence-corrected chi connectivity index (χ1v) is 7.05. The predicted octanol–water partition coefficient (Wildman–Crippen LogP) is 1.58. The molecule has 1 fully saturated rings. The van der Waals surface area contributed by atoms with Crippen LogP contribution in [-0.4, -0.2) is 47.3 Å². The minimum Gasteiger partial charge on any atom is -0.378 e. The number of halogens is 1. The van der Waals surface area contributed by atoms with E-state index in [4.69, 9.17) is 22.8 Å². The van der Waals surface area contributed by atoms with Crippen molar-refractivity contribution in [3.8, 4) is 12.3 Å². The summed E-state index contributed by atoms with van der Waals surface area (Å²) in [6.45, 7) is 4.89. The summed E-state index contributed by atoms with van der Waals surface area (Å²) in [6.07, 6.45) is 6.85. The van der Waals surface area contributed by atoms with Crippen LogP contribution in [0.3, 0.4) is 0 Å². The van der Waals surface area contributed by atoms with Crippen LogP contribution in [0.4, 0.5) is 11.9 Å². The molecule has 1 saturated heterocycles. The second-order valence-corrected chi connectivity index (χ2v) is 4.82. The van der Waals surface area contributed by atoms with Crippen LogP contribution in [0.1, 0.15) is 19.8 Å². The van der Waals surface area contributed by atoms with Gasteiger partial charge in [-0.15, -0.1) is 12.3 Å². The number of morpholine rings is 1. The van der Waals surface area contributed by atoms with Gasteiger partial charge in [-0.2, -0.15) is 15.0 Å². The number of hydrogen-bond acceptors (Lipinski definition) is 6. The van der Waals surface area contributed by atoms with Crippen LogP contribution in [0.15, 0.2) is 0 Å². The average Bonchev–Trinajstić information content (AvgIpc) is 2.47. The fourth-order valence-electron chi connectivity index (χ4n) is 1.93. The van der Waals surface area contributed by atoms with Crippen LogP contribution in [-0.2, 0) is 4.74 Å². The molecule has 1 atom stereocenters. The molecule has 0 aromatic carbocycles. The number of nitrogens with zero attached hydrogens (tertiary/aromatic N) is 4. The van der Waals surface area contributed by atoms with E-state index in [2.05, 4.69) is 33.1 Å². The van der Waals surface area contributed by atoms with Gasteiger partial charge in [0.1, 0.15) is 0 Å². The third-order valence-corrected chi connectivity index (χ3v) is 3.25. The first kappa shape index (κ1) is 14.8. The fraction of sp³-hybridized carbons (Fsp3) is 0.615. The Hall–Kier alpha value is -1.58. The molecule has 0 radical (unpaired) electrons. The van der Waals surface area contributed by atoms with Gasteiger partial charge in [0.2, 0.25) is 17.2 Å². The minimum atomic E-state index is 0.135. The van der Waals surface area contributed by atoms with Gasteiger partial charge in [-0.25, -0.2) is 0 Å². The van der Waals surface area contributed by atoms with E-state index in [1.54, 1.807) is 0 Å². The van der Waals surface area contributed by atoms with E-state index in [0.29, 0.717) is 31.5 Å². The van der Waals surface area contributed by atoms with E-state index in [1.807, 2.05) is 4.90 Å². The maximum Gasteiger partial charge on any atom is 0.231 e. The summed E-state index contributed by atoms with van der Waals surface area (Å²) in [7, 11) is 0. The zero-order valence-corrected chi connectivity index (χ0v) is 12.2. The number of hydrogen-bond donors (Lipinski definition) is 1. The molecule has 1 N–H and O–H groups in total. The van der Waals surface area contributed by atoms with Crippen molar-refractivity contribution in [1.29, 1.82) is 0 Å². The number of anilines is 2. The number of aromatic nitrogens is 3. The second-order valence-electron chi connectivity index (χ2n) is 4.49. The van der Waals surface area contributed by atoms with Crippen molar-refractivity contribution in [2.24, 2.45) is 0 Å². The zero-order chi connectivity index (χ0) is 14.4. The van der Waals surface area contributed by atoms with Gasteiger partial charge in [0.15, 0.2) is 0 Å². The molecule has 2 rings (SSSR count). The third-order valence-electron chi connectivity index (χ3n) is 3.08. The molecular formula is C13H18ClN5O. The molecule has 0 amide bonds. The number of terminal acetylenes is 1. The highest BCUT2D eigenvalue weighted by molar-refractivity contribution is 6.28. The molecule has 1 aromatic rings. The first-order valence-electron chi connectivity index (χ1n) is 6.67. The lowest BCUT2D eigenvalue weighted by Gasteiger charge is -2.27. The van der Waals surface area contributed by atoms with Crippen molar-refractivity contribution < 1.29 is 4.74 Å². The molecular weight excluding hydrogens is 278 g/mol. The second kappa shape index (κ2) is 7.27. The highest BCUT2D eigenvalue weighted by atomic mass is 35.5. The highest BCUT2D eigenvalue weighted by Crippen LogP contribution is 2.16. The number of nitrogens with one attached hydrogen (secondary N) is 1. The van der Waals surface area contributed by atoms with E-state index in [0.717, 1.165) is 19.5 Å². The normalized spacial score (nSPS) is 16.6. The van der Waals surface area contributed by atoms with Crippen molar-refractivity contribution in [3.05, 3.63) is 5.28 Å². The lowest BCUT2D eigenvalue weighted by Crippen LogP contribution is -2.37. The van der Waals surface area contributed by atoms with Gasteiger partial charge < -0.3 is 15.0 Å². The Balaban J connectivity index is 2.13. The van der Waals surface area contributed by atoms with Gasteiger partial charge in [0.05, 0.1) is 13.2 Å². The molecule has 1 aromatic heterocycles. The maximum absolute atomic E-state index is 5.97. The molecule has 0 saturated carbocycles. The summed E-state index contributed by atoms with van der Waals surface area (Å²) in [4.78, 5) is 14.7. The SMILES string of the molecule is C#CCC(CC)Nc1nc(Cl)nc(N2CCOCC2)n1. The summed E-state index contributed by atoms with van der Waals surface area (Å²) in [5, 5.41) is 3.38. The quantitative estimate of drug-likeness (QED) is 0.832. The Bertz CT molecular complexity index is 484. The summed E-state index contributed by atoms with van der Waals surface area (Å²) >= 11 is 5.97. The van der Waals surface area contributed by atoms with Gasteiger partial charge in [0, 0.05) is 25.6 Å². The van der Waals surface area contributed by atoms with Gasteiger partial charge in [-0.3, -0.25) is 0 Å². The van der Waals surface area contributed by atoms with Crippen LogP contribution in [0.5, 0.6) is 0 Å². The van der Waals surface area contributed by atoms with E-state index in [-0.39, 0.29) is 11.3 Å². The predicted molar refractivity (Wildman–Crippen MR) is 79.0 cm³/mol. The minimum absolute atomic E-state index is 0.135. The molecule has 6 nitrogen and oxygen atoms in total. The summed E-state index contributed by atoms with van der Waals surface area (Å²) in [5.74, 6) is 3.68. The van der Waals surface area contributed by atoms with Gasteiger partial charge >= 0.3 is 0 Å². The molecule has 20 heavy (non-hydrogen) atoms. The van der Waals surface area contributed by atoms with Crippen LogP contribution in [0, 0.1) is 12.3 Å². The van der Waals surface area contributed by atoms with Crippen molar-refractivity contribution in [2.75, 3.05) is 36.5 Å². The van der Waals surface area contributed by atoms with E-state index in [9.17, 15) is 0 Å². The Morgan fingerprint density at radius 3 is 2.80 bits per heavy atom. The van der Waals surface area contributed by atoms with Crippen LogP contribution < -0.4 is 10.2 Å². The fourth-order valence-corrected chi connectivity index (χ4v) is 2.09.